The number of thiophene rings is 1. The fraction of sp³-hybridized carbons (Fsp3) is 0.286. The van der Waals surface area contributed by atoms with Gasteiger partial charge < -0.3 is 14.8 Å². The molecule has 0 aliphatic carbocycles. The molecule has 0 spiro atoms. The first-order chi connectivity index (χ1) is 12.7. The van der Waals surface area contributed by atoms with Crippen LogP contribution in [0.15, 0.2) is 53.4 Å². The van der Waals surface area contributed by atoms with Crippen LogP contribution in [0.25, 0.3) is 0 Å². The van der Waals surface area contributed by atoms with Crippen LogP contribution in [0.3, 0.4) is 0 Å². The van der Waals surface area contributed by atoms with Crippen molar-refractivity contribution >= 4 is 11.3 Å². The Hall–Kier alpha value is -2.37. The molecule has 1 aromatic carbocycles. The number of methoxy groups -OCH3 is 2. The van der Waals surface area contributed by atoms with Gasteiger partial charge in [-0.25, -0.2) is 0 Å². The van der Waals surface area contributed by atoms with Gasteiger partial charge in [0, 0.05) is 18.3 Å². The van der Waals surface area contributed by atoms with Crippen LogP contribution in [0, 0.1) is 6.92 Å². The van der Waals surface area contributed by atoms with E-state index in [9.17, 15) is 0 Å². The number of ether oxygens (including phenoxy) is 2. The van der Waals surface area contributed by atoms with Crippen LogP contribution in [0.4, 0.5) is 0 Å². The van der Waals surface area contributed by atoms with Crippen molar-refractivity contribution < 1.29 is 9.47 Å². The quantitative estimate of drug-likeness (QED) is 0.634. The Morgan fingerprint density at radius 3 is 2.42 bits per heavy atom. The first-order valence-corrected chi connectivity index (χ1v) is 9.52. The average molecular weight is 369 g/mol. The normalized spacial score (nSPS) is 12.0. The summed E-state index contributed by atoms with van der Waals surface area (Å²) in [6.45, 7) is 2.69. The van der Waals surface area contributed by atoms with Gasteiger partial charge in [-0.05, 0) is 59.5 Å². The van der Waals surface area contributed by atoms with Gasteiger partial charge in [-0.3, -0.25) is 4.98 Å². The molecule has 26 heavy (non-hydrogen) atoms. The van der Waals surface area contributed by atoms with Gasteiger partial charge in [0.1, 0.15) is 11.5 Å². The van der Waals surface area contributed by atoms with E-state index in [1.54, 1.807) is 25.6 Å². The Kier molecular flexibility index (Phi) is 6.26. The van der Waals surface area contributed by atoms with Crippen LogP contribution in [-0.2, 0) is 13.0 Å². The van der Waals surface area contributed by atoms with E-state index in [2.05, 4.69) is 46.2 Å². The number of hydrogen-bond donors (Lipinski definition) is 1. The maximum Gasteiger partial charge on any atom is 0.127 e. The second-order valence-corrected chi connectivity index (χ2v) is 6.95. The first kappa shape index (κ1) is 18.4. The fourth-order valence-corrected chi connectivity index (χ4v) is 3.62. The molecule has 2 heterocycles. The predicted octanol–water partition coefficient (Wildman–Crippen LogP) is 4.54. The van der Waals surface area contributed by atoms with E-state index in [1.165, 1.54) is 5.56 Å². The summed E-state index contributed by atoms with van der Waals surface area (Å²) < 4.78 is 11.0. The van der Waals surface area contributed by atoms with Crippen LogP contribution in [0.2, 0.25) is 0 Å². The van der Waals surface area contributed by atoms with Crippen molar-refractivity contribution in [2.75, 3.05) is 14.2 Å². The zero-order chi connectivity index (χ0) is 18.4. The number of nitrogens with one attached hydrogen (secondary N) is 1. The molecule has 0 radical (unpaired) electrons. The molecule has 0 saturated heterocycles. The van der Waals surface area contributed by atoms with E-state index in [-0.39, 0.29) is 6.04 Å². The highest BCUT2D eigenvalue weighted by molar-refractivity contribution is 7.07. The van der Waals surface area contributed by atoms with Crippen molar-refractivity contribution in [3.05, 3.63) is 75.7 Å². The Morgan fingerprint density at radius 1 is 1.08 bits per heavy atom. The molecule has 136 valence electrons. The summed E-state index contributed by atoms with van der Waals surface area (Å²) in [5.41, 5.74) is 4.52. The van der Waals surface area contributed by atoms with E-state index in [0.717, 1.165) is 34.7 Å². The minimum Gasteiger partial charge on any atom is -0.496 e. The SMILES string of the molecule is COc1cccc(OC)c1CN[C@H](Cc1ccsc1)c1ccc(C)cn1. The number of pyridine rings is 1. The number of nitrogens with zero attached hydrogens (tertiary/aromatic N) is 1. The van der Waals surface area contributed by atoms with E-state index in [1.807, 2.05) is 24.4 Å². The third kappa shape index (κ3) is 4.42. The van der Waals surface area contributed by atoms with E-state index in [0.29, 0.717) is 6.54 Å². The van der Waals surface area contributed by atoms with Crippen molar-refractivity contribution in [1.82, 2.24) is 10.3 Å². The molecule has 0 aliphatic rings. The minimum atomic E-state index is 0.111. The molecular weight excluding hydrogens is 344 g/mol. The van der Waals surface area contributed by atoms with Crippen molar-refractivity contribution in [3.8, 4) is 11.5 Å². The number of hydrogen-bond acceptors (Lipinski definition) is 5. The van der Waals surface area contributed by atoms with Crippen LogP contribution < -0.4 is 14.8 Å². The van der Waals surface area contributed by atoms with E-state index >= 15 is 0 Å². The molecule has 0 bridgehead atoms. The zero-order valence-electron chi connectivity index (χ0n) is 15.4. The largest absolute Gasteiger partial charge is 0.496 e. The molecule has 4 nitrogen and oxygen atoms in total. The molecule has 0 amide bonds. The Labute approximate surface area is 158 Å². The topological polar surface area (TPSA) is 43.4 Å². The minimum absolute atomic E-state index is 0.111. The highest BCUT2D eigenvalue weighted by atomic mass is 32.1. The maximum absolute atomic E-state index is 5.51. The van der Waals surface area contributed by atoms with Crippen molar-refractivity contribution in [2.45, 2.75) is 25.9 Å². The molecule has 1 atom stereocenters. The van der Waals surface area contributed by atoms with E-state index < -0.39 is 0 Å². The third-order valence-electron chi connectivity index (χ3n) is 4.37. The molecule has 3 rings (SSSR count). The lowest BCUT2D eigenvalue weighted by atomic mass is 10.0. The van der Waals surface area contributed by atoms with Crippen molar-refractivity contribution in [2.24, 2.45) is 0 Å². The first-order valence-electron chi connectivity index (χ1n) is 8.58. The third-order valence-corrected chi connectivity index (χ3v) is 5.10. The highest BCUT2D eigenvalue weighted by Crippen LogP contribution is 2.29. The van der Waals surface area contributed by atoms with Crippen molar-refractivity contribution in [1.29, 1.82) is 0 Å². The molecule has 1 N–H and O–H groups in total. The predicted molar refractivity (Wildman–Crippen MR) is 106 cm³/mol. The van der Waals surface area contributed by atoms with Crippen LogP contribution >= 0.6 is 11.3 Å². The summed E-state index contributed by atoms with van der Waals surface area (Å²) in [5, 5.41) is 7.94. The van der Waals surface area contributed by atoms with Crippen LogP contribution in [0.5, 0.6) is 11.5 Å². The second kappa shape index (κ2) is 8.83. The molecule has 0 aliphatic heterocycles. The Bertz CT molecular complexity index is 794. The smallest absolute Gasteiger partial charge is 0.127 e. The van der Waals surface area contributed by atoms with Gasteiger partial charge in [-0.1, -0.05) is 12.1 Å². The van der Waals surface area contributed by atoms with Crippen LogP contribution in [0.1, 0.15) is 28.4 Å². The summed E-state index contributed by atoms with van der Waals surface area (Å²) in [4.78, 5) is 4.64. The van der Waals surface area contributed by atoms with E-state index in [4.69, 9.17) is 9.47 Å². The van der Waals surface area contributed by atoms with Gasteiger partial charge in [0.25, 0.3) is 0 Å². The number of aryl methyl sites for hydroxylation is 1. The lowest BCUT2D eigenvalue weighted by Crippen LogP contribution is -2.24. The second-order valence-electron chi connectivity index (χ2n) is 6.17. The maximum atomic E-state index is 5.51. The van der Waals surface area contributed by atoms with Gasteiger partial charge in [-0.2, -0.15) is 11.3 Å². The summed E-state index contributed by atoms with van der Waals surface area (Å²) in [6, 6.07) is 12.3. The molecule has 5 heteroatoms. The Balaban J connectivity index is 1.83. The number of rotatable bonds is 8. The van der Waals surface area contributed by atoms with Gasteiger partial charge in [0.15, 0.2) is 0 Å². The fourth-order valence-electron chi connectivity index (χ4n) is 2.94. The monoisotopic (exact) mass is 368 g/mol. The zero-order valence-corrected chi connectivity index (χ0v) is 16.2. The molecule has 2 aromatic heterocycles. The molecule has 3 aromatic rings. The summed E-state index contributed by atoms with van der Waals surface area (Å²) in [6.07, 6.45) is 2.80. The van der Waals surface area contributed by atoms with Gasteiger partial charge in [-0.15, -0.1) is 0 Å². The lowest BCUT2D eigenvalue weighted by Gasteiger charge is -2.20. The molecular formula is C21H24N2O2S. The van der Waals surface area contributed by atoms with Crippen molar-refractivity contribution in [3.63, 3.8) is 0 Å². The average Bonchev–Trinajstić information content (AvgIpc) is 3.18. The molecule has 0 saturated carbocycles. The Morgan fingerprint density at radius 2 is 1.85 bits per heavy atom. The lowest BCUT2D eigenvalue weighted by molar-refractivity contribution is 0.378. The molecule has 0 unspecified atom stereocenters. The van der Waals surface area contributed by atoms with Crippen LogP contribution in [-0.4, -0.2) is 19.2 Å². The summed E-state index contributed by atoms with van der Waals surface area (Å²) >= 11 is 1.72. The standard InChI is InChI=1S/C21H24N2O2S/c1-15-7-8-18(22-12-15)19(11-16-9-10-26-14-16)23-13-17-20(24-2)5-4-6-21(17)25-3/h4-10,12,14,19,23H,11,13H2,1-3H3/t19-/m1/s1. The number of benzene rings is 1. The summed E-state index contributed by atoms with van der Waals surface area (Å²) in [7, 11) is 3.37. The summed E-state index contributed by atoms with van der Waals surface area (Å²) in [5.74, 6) is 1.64. The molecule has 0 fully saturated rings. The van der Waals surface area contributed by atoms with Gasteiger partial charge >= 0.3 is 0 Å². The van der Waals surface area contributed by atoms with Gasteiger partial charge in [0.05, 0.1) is 26.0 Å². The number of aromatic nitrogens is 1. The highest BCUT2D eigenvalue weighted by Gasteiger charge is 2.17. The van der Waals surface area contributed by atoms with Gasteiger partial charge in [0.2, 0.25) is 0 Å².